The zero-order chi connectivity index (χ0) is 46.5. The second-order valence-electron chi connectivity index (χ2n) is 14.7. The maximum atomic E-state index is 12.0. The number of hydrogen-bond acceptors (Lipinski definition) is 13. The minimum absolute atomic E-state index is 0. The van der Waals surface area contributed by atoms with Gasteiger partial charge in [0.05, 0.1) is 36.3 Å². The number of fused-ring (bicyclic) bond motifs is 3. The molecule has 7 N–H and O–H groups in total. The number of alkyl halides is 2. The molecule has 8 heterocycles. The fourth-order valence-electron chi connectivity index (χ4n) is 6.27. The predicted octanol–water partition coefficient (Wildman–Crippen LogP) is 6.84. The van der Waals surface area contributed by atoms with E-state index >= 15 is 0 Å². The Morgan fingerprint density at radius 2 is 1.18 bits per heavy atom. The average molecular weight is 1230 g/mol. The van der Waals surface area contributed by atoms with Crippen LogP contribution >= 0.6 is 31.9 Å². The van der Waals surface area contributed by atoms with Crippen LogP contribution in [-0.2, 0) is 119 Å². The number of Topliss-reactive ketones (excluding diaryl/α,β-unsaturated/α-hetero) is 1. The van der Waals surface area contributed by atoms with Crippen molar-refractivity contribution in [3.63, 3.8) is 0 Å². The minimum Gasteiger partial charge on any atom is -0.693 e. The number of ketones is 1. The van der Waals surface area contributed by atoms with Crippen LogP contribution in [0, 0.1) is 49.5 Å². The molecule has 0 aromatic carbocycles. The number of aliphatic carboxylic acids is 1. The van der Waals surface area contributed by atoms with Crippen LogP contribution in [0.5, 0.6) is 0 Å². The number of hydrogen-bond donors (Lipinski definition) is 4. The number of halogens is 2. The van der Waals surface area contributed by atoms with E-state index in [1.807, 2.05) is 49.2 Å². The smallest absolute Gasteiger partial charge is 0.314 e. The number of nitrogens with zero attached hydrogens (tertiary/aromatic N) is 9. The SMILES string of the molecule is BrCCCBr.Cc1cc(N)n[nH]1.Cc1cc2n(n1)CCCN2.Cc1cc2n(n1)CCCN2C(=O)CCC(=O)O.O=C1CCC(=O)O1.[CH2-]C(=O)CCC(=O)N1CCCn2nc(C)cc21.[CH3-].[CH3-].[NH2-].[Y].[Y]. The molecule has 1 fully saturated rings. The van der Waals surface area contributed by atoms with Gasteiger partial charge in [-0.15, -0.1) is 0 Å². The first-order valence-electron chi connectivity index (χ1n) is 20.7. The maximum Gasteiger partial charge on any atom is 0.314 e. The van der Waals surface area contributed by atoms with Gasteiger partial charge in [0, 0.05) is 158 Å². The molecule has 2 radical (unpaired) electrons. The van der Waals surface area contributed by atoms with Crippen molar-refractivity contribution in [1.29, 1.82) is 0 Å². The monoisotopic (exact) mass is 1230 g/mol. The predicted molar refractivity (Wildman–Crippen MR) is 263 cm³/mol. The zero-order valence-electron chi connectivity index (χ0n) is 40.1. The molecule has 4 aliphatic rings. The summed E-state index contributed by atoms with van der Waals surface area (Å²) in [5.41, 5.74) is 9.12. The van der Waals surface area contributed by atoms with Crippen molar-refractivity contribution in [3.05, 3.63) is 75.0 Å². The van der Waals surface area contributed by atoms with Crippen molar-refractivity contribution >= 4 is 90.6 Å². The number of H-pyrrole nitrogens is 1. The number of nitrogens with two attached hydrogens (primary N) is 2. The summed E-state index contributed by atoms with van der Waals surface area (Å²) >= 11 is 6.56. The molecule has 0 unspecified atom stereocenters. The summed E-state index contributed by atoms with van der Waals surface area (Å²) < 4.78 is 9.76. The molecule has 1 saturated heterocycles. The van der Waals surface area contributed by atoms with Gasteiger partial charge in [-0.1, -0.05) is 31.9 Å². The van der Waals surface area contributed by atoms with E-state index in [-0.39, 0.29) is 143 Å². The number of aryl methyl sites for hydroxylation is 7. The molecule has 376 valence electrons. The van der Waals surface area contributed by atoms with E-state index in [2.05, 4.69) is 80.4 Å². The summed E-state index contributed by atoms with van der Waals surface area (Å²) in [5, 5.41) is 33.4. The number of carboxylic acids is 1. The number of ether oxygens (including phenoxy) is 1. The van der Waals surface area contributed by atoms with E-state index in [1.165, 1.54) is 18.7 Å². The largest absolute Gasteiger partial charge is 0.693 e. The molecule has 4 aromatic heterocycles. The number of rotatable bonds is 8. The minimum atomic E-state index is -0.944. The summed E-state index contributed by atoms with van der Waals surface area (Å²) in [4.78, 5) is 68.5. The van der Waals surface area contributed by atoms with Gasteiger partial charge in [-0.25, -0.2) is 14.0 Å². The molecule has 0 bridgehead atoms. The summed E-state index contributed by atoms with van der Waals surface area (Å²) in [5.74, 6) is 1.24. The van der Waals surface area contributed by atoms with Crippen LogP contribution in [0.2, 0.25) is 0 Å². The molecule has 4 aliphatic heterocycles. The number of cyclic esters (lactones) is 2. The first-order valence-corrected chi connectivity index (χ1v) is 22.9. The van der Waals surface area contributed by atoms with E-state index in [0.717, 1.165) is 84.1 Å². The quantitative estimate of drug-likeness (QED) is 0.0608. The number of aromatic nitrogens is 8. The first kappa shape index (κ1) is 68.9. The van der Waals surface area contributed by atoms with Crippen LogP contribution in [0.1, 0.15) is 87.0 Å². The normalized spacial score (nSPS) is 13.3. The van der Waals surface area contributed by atoms with Crippen molar-refractivity contribution in [3.8, 4) is 0 Å². The Hall–Kier alpha value is -3.34. The van der Waals surface area contributed by atoms with Crippen LogP contribution in [0.3, 0.4) is 0 Å². The van der Waals surface area contributed by atoms with Crippen LogP contribution in [0.25, 0.3) is 6.15 Å². The Labute approximate surface area is 467 Å². The summed E-state index contributed by atoms with van der Waals surface area (Å²) in [6.07, 6.45) is 5.05. The van der Waals surface area contributed by atoms with E-state index < -0.39 is 17.9 Å². The van der Waals surface area contributed by atoms with Crippen molar-refractivity contribution in [2.75, 3.05) is 51.1 Å². The van der Waals surface area contributed by atoms with Gasteiger partial charge >= 0.3 is 17.9 Å². The number of nitrogens with one attached hydrogen (secondary N) is 2. The molecule has 0 aliphatic carbocycles. The number of aromatic amines is 1. The Bertz CT molecular complexity index is 2000. The van der Waals surface area contributed by atoms with Gasteiger partial charge < -0.3 is 53.6 Å². The van der Waals surface area contributed by atoms with Gasteiger partial charge in [0.25, 0.3) is 0 Å². The maximum absolute atomic E-state index is 12.0. The second-order valence-corrected chi connectivity index (χ2v) is 16.3. The third-order valence-electron chi connectivity index (χ3n) is 9.10. The Morgan fingerprint density at radius 3 is 1.53 bits per heavy atom. The third kappa shape index (κ3) is 25.0. The van der Waals surface area contributed by atoms with Crippen molar-refractivity contribution < 1.29 is 104 Å². The van der Waals surface area contributed by atoms with Gasteiger partial charge in [0.2, 0.25) is 11.8 Å². The van der Waals surface area contributed by atoms with Crippen LogP contribution in [0.15, 0.2) is 24.3 Å². The Kier molecular flexibility index (Phi) is 37.1. The standard InChI is InChI=1S/C12H16N3O2.C11H15N3O3.C7H11N3.C4H7N3.C4H4O3.C3H6Br2.2CH3.H2N.2Y/c1-9-8-11-14(6-3-7-15(11)13-9)12(17)5-4-10(2)16;1-8-7-9-13(5-2-6-14(9)12-8)10(15)3-4-11(16)17;1-6-5-7-8-3-2-4-10(7)9-6;1-3-2-4(5)7-6-3;5-3-1-2-4(6)7-3;4-2-1-3-5;;;;;/h8H,2-7H2,1H3;7H,2-6H2,1H3,(H,16,17);5,8H,2-4H2,1H3;2H,1H3,(H3,5,6,7);1-2H2;1-3H2;2*1H3;1H2;;/q-1;;;;;;3*-1;;. The number of nitrogen functional groups attached to an aromatic ring is 1. The van der Waals surface area contributed by atoms with Crippen LogP contribution < -0.4 is 20.9 Å². The Morgan fingerprint density at radius 1 is 0.721 bits per heavy atom. The number of anilines is 4. The van der Waals surface area contributed by atoms with Gasteiger partial charge in [0.1, 0.15) is 23.3 Å². The van der Waals surface area contributed by atoms with E-state index in [1.54, 1.807) is 20.5 Å². The number of carboxylic acid groups (broad SMARTS) is 1. The van der Waals surface area contributed by atoms with Gasteiger partial charge in [-0.3, -0.25) is 38.9 Å². The Balaban J connectivity index is -0.000000773. The number of amides is 2. The summed E-state index contributed by atoms with van der Waals surface area (Å²) in [6.45, 7) is 16.2. The fourth-order valence-corrected chi connectivity index (χ4v) is 7.59. The molecular formula is C43H67Br2N13O8Y2-4. The van der Waals surface area contributed by atoms with Crippen LogP contribution in [-0.4, -0.2) is 110 Å². The van der Waals surface area contributed by atoms with E-state index in [0.29, 0.717) is 18.9 Å². The molecule has 0 spiro atoms. The summed E-state index contributed by atoms with van der Waals surface area (Å²) in [6, 6.07) is 7.63. The molecule has 25 heteroatoms. The molecule has 21 nitrogen and oxygen atoms in total. The fraction of sp³-hybridized carbons (Fsp3) is 0.512. The van der Waals surface area contributed by atoms with E-state index in [9.17, 15) is 28.8 Å². The molecule has 8 rings (SSSR count). The molecular weight excluding hydrogens is 1160 g/mol. The molecule has 4 aromatic rings. The summed E-state index contributed by atoms with van der Waals surface area (Å²) in [7, 11) is 0. The van der Waals surface area contributed by atoms with Crippen molar-refractivity contribution in [1.82, 2.24) is 39.5 Å². The van der Waals surface area contributed by atoms with Gasteiger partial charge in [-0.05, 0) is 65.6 Å². The molecule has 68 heavy (non-hydrogen) atoms. The average Bonchev–Trinajstić information content (AvgIpc) is 4.08. The zero-order valence-corrected chi connectivity index (χ0v) is 49.0. The number of esters is 2. The molecule has 2 amide bonds. The molecule has 0 saturated carbocycles. The topological polar surface area (TPSA) is 292 Å². The number of carbonyl (C=O) groups is 6. The van der Waals surface area contributed by atoms with E-state index in [4.69, 9.17) is 10.8 Å². The van der Waals surface area contributed by atoms with Crippen LogP contribution in [0.4, 0.5) is 23.3 Å². The van der Waals surface area contributed by atoms with Crippen molar-refractivity contribution in [2.24, 2.45) is 0 Å². The number of carbonyl (C=O) groups excluding carboxylic acids is 5. The van der Waals surface area contributed by atoms with Crippen molar-refractivity contribution in [2.45, 2.75) is 112 Å². The van der Waals surface area contributed by atoms with Gasteiger partial charge in [-0.2, -0.15) is 20.4 Å². The third-order valence-corrected chi connectivity index (χ3v) is 10.2. The van der Waals surface area contributed by atoms with Gasteiger partial charge in [0.15, 0.2) is 0 Å². The first-order chi connectivity index (χ1) is 30.0. The second kappa shape index (κ2) is 36.6. The molecule has 0 atom stereocenters.